The van der Waals surface area contributed by atoms with Gasteiger partial charge >= 0.3 is 0 Å². The van der Waals surface area contributed by atoms with Crippen LogP contribution < -0.4 is 9.46 Å². The third-order valence-electron chi connectivity index (χ3n) is 3.85. The van der Waals surface area contributed by atoms with Crippen molar-refractivity contribution >= 4 is 10.0 Å². The largest absolute Gasteiger partial charge is 0.494 e. The highest BCUT2D eigenvalue weighted by molar-refractivity contribution is 7.89. The zero-order valence-electron chi connectivity index (χ0n) is 14.2. The van der Waals surface area contributed by atoms with E-state index in [1.807, 2.05) is 48.9 Å². The molecule has 1 N–H and O–H groups in total. The Morgan fingerprint density at radius 3 is 2.54 bits per heavy atom. The molecule has 0 radical (unpaired) electrons. The van der Waals surface area contributed by atoms with Gasteiger partial charge in [0.05, 0.1) is 18.0 Å². The SMILES string of the molecule is COc1ccc(S(=O)(=O)NC[C@H](c2cccn2C)N(C)C)cc1F. The summed E-state index contributed by atoms with van der Waals surface area (Å²) in [6, 6.07) is 7.25. The fourth-order valence-corrected chi connectivity index (χ4v) is 3.51. The van der Waals surface area contributed by atoms with Crippen molar-refractivity contribution in [2.45, 2.75) is 10.9 Å². The van der Waals surface area contributed by atoms with E-state index >= 15 is 0 Å². The average Bonchev–Trinajstić information content (AvgIpc) is 2.93. The number of aromatic nitrogens is 1. The number of nitrogens with zero attached hydrogens (tertiary/aromatic N) is 2. The maximum absolute atomic E-state index is 13.8. The second-order valence-electron chi connectivity index (χ2n) is 5.67. The van der Waals surface area contributed by atoms with Crippen molar-refractivity contribution in [3.8, 4) is 5.75 Å². The van der Waals surface area contributed by atoms with Crippen LogP contribution in [-0.2, 0) is 17.1 Å². The Hall–Kier alpha value is -1.90. The van der Waals surface area contributed by atoms with E-state index in [2.05, 4.69) is 4.72 Å². The molecule has 0 bridgehead atoms. The minimum Gasteiger partial charge on any atom is -0.494 e. The number of rotatable bonds is 7. The highest BCUT2D eigenvalue weighted by Gasteiger charge is 2.22. The number of methoxy groups -OCH3 is 1. The summed E-state index contributed by atoms with van der Waals surface area (Å²) in [7, 11) is 3.15. The Morgan fingerprint density at radius 2 is 2.04 bits per heavy atom. The van der Waals surface area contributed by atoms with E-state index in [-0.39, 0.29) is 23.2 Å². The maximum atomic E-state index is 13.8. The predicted octanol–water partition coefficient (Wildman–Crippen LogP) is 1.75. The normalized spacial score (nSPS) is 13.2. The van der Waals surface area contributed by atoms with Gasteiger partial charge in [-0.25, -0.2) is 17.5 Å². The molecule has 0 spiro atoms. The van der Waals surface area contributed by atoms with Gasteiger partial charge in [0.1, 0.15) is 0 Å². The first kappa shape index (κ1) is 18.4. The molecule has 0 aliphatic heterocycles. The van der Waals surface area contributed by atoms with Gasteiger partial charge in [0.2, 0.25) is 10.0 Å². The highest BCUT2D eigenvalue weighted by atomic mass is 32.2. The van der Waals surface area contributed by atoms with Gasteiger partial charge in [-0.3, -0.25) is 4.90 Å². The Kier molecular flexibility index (Phi) is 5.63. The number of nitrogens with one attached hydrogen (secondary N) is 1. The van der Waals surface area contributed by atoms with Gasteiger partial charge in [-0.15, -0.1) is 0 Å². The van der Waals surface area contributed by atoms with Crippen LogP contribution in [0.15, 0.2) is 41.4 Å². The lowest BCUT2D eigenvalue weighted by Crippen LogP contribution is -2.35. The van der Waals surface area contributed by atoms with Crippen molar-refractivity contribution < 1.29 is 17.5 Å². The van der Waals surface area contributed by atoms with Crippen LogP contribution in [0.1, 0.15) is 11.7 Å². The number of sulfonamides is 1. The van der Waals surface area contributed by atoms with Crippen molar-refractivity contribution in [2.75, 3.05) is 27.7 Å². The predicted molar refractivity (Wildman–Crippen MR) is 90.0 cm³/mol. The van der Waals surface area contributed by atoms with Crippen LogP contribution in [0.5, 0.6) is 5.75 Å². The third kappa shape index (κ3) is 3.95. The van der Waals surface area contributed by atoms with Gasteiger partial charge < -0.3 is 9.30 Å². The number of ether oxygens (including phenoxy) is 1. The molecular weight excluding hydrogens is 333 g/mol. The molecule has 2 aromatic rings. The first-order chi connectivity index (χ1) is 11.3. The van der Waals surface area contributed by atoms with Gasteiger partial charge in [0, 0.05) is 25.5 Å². The number of hydrogen-bond donors (Lipinski definition) is 1. The molecule has 0 unspecified atom stereocenters. The molecule has 6 nitrogen and oxygen atoms in total. The Balaban J connectivity index is 2.19. The Morgan fingerprint density at radius 1 is 1.33 bits per heavy atom. The monoisotopic (exact) mass is 355 g/mol. The molecule has 1 heterocycles. The molecule has 0 aliphatic carbocycles. The van der Waals surface area contributed by atoms with Crippen molar-refractivity contribution in [1.29, 1.82) is 0 Å². The summed E-state index contributed by atoms with van der Waals surface area (Å²) >= 11 is 0. The van der Waals surface area contributed by atoms with Crippen LogP contribution in [0.4, 0.5) is 4.39 Å². The molecular formula is C16H22FN3O3S. The smallest absolute Gasteiger partial charge is 0.240 e. The van der Waals surface area contributed by atoms with E-state index in [4.69, 9.17) is 4.74 Å². The zero-order valence-corrected chi connectivity index (χ0v) is 15.0. The summed E-state index contributed by atoms with van der Waals surface area (Å²) in [5, 5.41) is 0. The molecule has 0 fully saturated rings. The van der Waals surface area contributed by atoms with Crippen molar-refractivity contribution in [3.63, 3.8) is 0 Å². The molecule has 24 heavy (non-hydrogen) atoms. The van der Waals surface area contributed by atoms with Gasteiger partial charge in [-0.1, -0.05) is 0 Å². The number of likely N-dealkylation sites (N-methyl/N-ethyl adjacent to an activating group) is 1. The number of benzene rings is 1. The van der Waals surface area contributed by atoms with E-state index < -0.39 is 15.8 Å². The van der Waals surface area contributed by atoms with Crippen molar-refractivity contribution in [3.05, 3.63) is 48.0 Å². The highest BCUT2D eigenvalue weighted by Crippen LogP contribution is 2.22. The molecule has 1 aromatic carbocycles. The molecule has 132 valence electrons. The van der Waals surface area contributed by atoms with E-state index in [9.17, 15) is 12.8 Å². The summed E-state index contributed by atoms with van der Waals surface area (Å²) < 4.78 is 47.9. The van der Waals surface area contributed by atoms with Gasteiger partial charge in [0.15, 0.2) is 11.6 Å². The topological polar surface area (TPSA) is 63.6 Å². The first-order valence-corrected chi connectivity index (χ1v) is 8.85. The number of hydrogen-bond acceptors (Lipinski definition) is 4. The van der Waals surface area contributed by atoms with Crippen molar-refractivity contribution in [1.82, 2.24) is 14.2 Å². The molecule has 0 aliphatic rings. The second-order valence-corrected chi connectivity index (χ2v) is 7.44. The molecule has 1 aromatic heterocycles. The van der Waals surface area contributed by atoms with E-state index in [0.717, 1.165) is 11.8 Å². The Labute approximate surface area is 141 Å². The molecule has 0 amide bonds. The van der Waals surface area contributed by atoms with Crippen molar-refractivity contribution in [2.24, 2.45) is 7.05 Å². The zero-order chi connectivity index (χ0) is 17.9. The lowest BCUT2D eigenvalue weighted by atomic mass is 10.2. The maximum Gasteiger partial charge on any atom is 0.240 e. The molecule has 0 saturated carbocycles. The lowest BCUT2D eigenvalue weighted by molar-refractivity contribution is 0.289. The summed E-state index contributed by atoms with van der Waals surface area (Å²) in [6.45, 7) is 0.167. The summed E-state index contributed by atoms with van der Waals surface area (Å²) in [4.78, 5) is 1.79. The van der Waals surface area contributed by atoms with Crippen LogP contribution in [0, 0.1) is 5.82 Å². The van der Waals surface area contributed by atoms with E-state index in [0.29, 0.717) is 0 Å². The standard InChI is InChI=1S/C16H22FN3O3S/c1-19(2)15(14-6-5-9-20(14)3)11-18-24(21,22)12-7-8-16(23-4)13(17)10-12/h5-10,15,18H,11H2,1-4H3/t15-/m1/s1. The van der Waals surface area contributed by atoms with Crippen LogP contribution in [0.25, 0.3) is 0 Å². The average molecular weight is 355 g/mol. The molecule has 1 atom stereocenters. The van der Waals surface area contributed by atoms with Crippen LogP contribution >= 0.6 is 0 Å². The van der Waals surface area contributed by atoms with E-state index in [1.165, 1.54) is 19.2 Å². The lowest BCUT2D eigenvalue weighted by Gasteiger charge is -2.25. The van der Waals surface area contributed by atoms with Gasteiger partial charge in [0.25, 0.3) is 0 Å². The number of aryl methyl sites for hydroxylation is 1. The summed E-state index contributed by atoms with van der Waals surface area (Å²) in [6.07, 6.45) is 1.90. The van der Waals surface area contributed by atoms with E-state index in [1.54, 1.807) is 0 Å². The summed E-state index contributed by atoms with van der Waals surface area (Å²) in [5.41, 5.74) is 0.976. The fraction of sp³-hybridized carbons (Fsp3) is 0.375. The van der Waals surface area contributed by atoms with Crippen LogP contribution in [-0.4, -0.2) is 45.6 Å². The van der Waals surface area contributed by atoms with Gasteiger partial charge in [-0.05, 0) is 44.4 Å². The molecule has 2 rings (SSSR count). The molecule has 8 heteroatoms. The quantitative estimate of drug-likeness (QED) is 0.822. The summed E-state index contributed by atoms with van der Waals surface area (Å²) in [5.74, 6) is -0.712. The minimum atomic E-state index is -3.82. The Bertz CT molecular complexity index is 803. The fourth-order valence-electron chi connectivity index (χ4n) is 2.46. The van der Waals surface area contributed by atoms with Gasteiger partial charge in [-0.2, -0.15) is 0 Å². The minimum absolute atomic E-state index is 0.00364. The first-order valence-electron chi connectivity index (χ1n) is 7.37. The third-order valence-corrected chi connectivity index (χ3v) is 5.27. The number of halogens is 1. The van der Waals surface area contributed by atoms with Crippen LogP contribution in [0.2, 0.25) is 0 Å². The molecule has 0 saturated heterocycles. The second kappa shape index (κ2) is 7.33. The van der Waals surface area contributed by atoms with Crippen LogP contribution in [0.3, 0.4) is 0 Å².